The van der Waals surface area contributed by atoms with Gasteiger partial charge in [0.05, 0.1) is 0 Å². The van der Waals surface area contributed by atoms with Crippen molar-refractivity contribution in [3.63, 3.8) is 0 Å². The Kier molecular flexibility index (Phi) is 3.74. The van der Waals surface area contributed by atoms with Crippen molar-refractivity contribution in [1.82, 2.24) is 10.3 Å². The van der Waals surface area contributed by atoms with E-state index >= 15 is 0 Å². The summed E-state index contributed by atoms with van der Waals surface area (Å²) in [6, 6.07) is 5.88. The molecule has 1 fully saturated rings. The Balaban J connectivity index is 1.75. The van der Waals surface area contributed by atoms with Gasteiger partial charge in [-0.3, -0.25) is 4.79 Å². The zero-order valence-corrected chi connectivity index (χ0v) is 12.8. The molecule has 0 aliphatic carbocycles. The Morgan fingerprint density at radius 3 is 3.05 bits per heavy atom. The van der Waals surface area contributed by atoms with E-state index in [1.165, 1.54) is 29.9 Å². The normalized spacial score (nSPS) is 18.6. The summed E-state index contributed by atoms with van der Waals surface area (Å²) in [5.74, 6) is 1.27. The highest BCUT2D eigenvalue weighted by molar-refractivity contribution is 8.00. The largest absolute Gasteiger partial charge is 0.358 e. The van der Waals surface area contributed by atoms with Crippen LogP contribution in [0.25, 0.3) is 10.9 Å². The van der Waals surface area contributed by atoms with Crippen LogP contribution < -0.4 is 5.32 Å². The first-order valence-corrected chi connectivity index (χ1v) is 8.19. The SMILES string of the molecule is Cc1[nH]c2ccc(C(=O)NCC3CCCS3)cc2c1C. The van der Waals surface area contributed by atoms with Gasteiger partial charge in [-0.05, 0) is 56.2 Å². The first-order chi connectivity index (χ1) is 9.65. The Labute approximate surface area is 123 Å². The second kappa shape index (κ2) is 5.52. The number of carbonyl (C=O) groups excluding carboxylic acids is 1. The molecule has 3 nitrogen and oxygen atoms in total. The summed E-state index contributed by atoms with van der Waals surface area (Å²) >= 11 is 1.97. The van der Waals surface area contributed by atoms with Gasteiger partial charge in [-0.15, -0.1) is 0 Å². The molecule has 1 aliphatic heterocycles. The van der Waals surface area contributed by atoms with Crippen molar-refractivity contribution in [1.29, 1.82) is 0 Å². The minimum Gasteiger partial charge on any atom is -0.358 e. The lowest BCUT2D eigenvalue weighted by atomic mass is 10.1. The molecule has 20 heavy (non-hydrogen) atoms. The number of hydrogen-bond donors (Lipinski definition) is 2. The number of benzene rings is 1. The van der Waals surface area contributed by atoms with E-state index in [4.69, 9.17) is 0 Å². The smallest absolute Gasteiger partial charge is 0.251 e. The molecule has 0 radical (unpaired) electrons. The summed E-state index contributed by atoms with van der Waals surface area (Å²) < 4.78 is 0. The van der Waals surface area contributed by atoms with Gasteiger partial charge in [0.1, 0.15) is 0 Å². The van der Waals surface area contributed by atoms with Gasteiger partial charge in [0.2, 0.25) is 0 Å². The van der Waals surface area contributed by atoms with E-state index in [9.17, 15) is 4.79 Å². The zero-order chi connectivity index (χ0) is 14.1. The van der Waals surface area contributed by atoms with Gasteiger partial charge in [-0.25, -0.2) is 0 Å². The number of carbonyl (C=O) groups is 1. The van der Waals surface area contributed by atoms with Crippen LogP contribution in [0, 0.1) is 13.8 Å². The monoisotopic (exact) mass is 288 g/mol. The first kappa shape index (κ1) is 13.6. The minimum atomic E-state index is 0.0395. The lowest BCUT2D eigenvalue weighted by Gasteiger charge is -2.10. The second-order valence-electron chi connectivity index (χ2n) is 5.48. The van der Waals surface area contributed by atoms with Crippen molar-refractivity contribution >= 4 is 28.6 Å². The van der Waals surface area contributed by atoms with Crippen molar-refractivity contribution < 1.29 is 4.79 Å². The molecular weight excluding hydrogens is 268 g/mol. The molecule has 2 aromatic rings. The molecule has 106 valence electrons. The lowest BCUT2D eigenvalue weighted by molar-refractivity contribution is 0.0954. The number of aromatic amines is 1. The maximum absolute atomic E-state index is 12.2. The van der Waals surface area contributed by atoms with Crippen molar-refractivity contribution in [3.8, 4) is 0 Å². The number of aryl methyl sites for hydroxylation is 2. The molecule has 3 rings (SSSR count). The third kappa shape index (κ3) is 2.57. The molecule has 4 heteroatoms. The van der Waals surface area contributed by atoms with E-state index in [1.54, 1.807) is 0 Å². The van der Waals surface area contributed by atoms with Crippen LogP contribution in [0.2, 0.25) is 0 Å². The fourth-order valence-electron chi connectivity index (χ4n) is 2.72. The number of thioether (sulfide) groups is 1. The van der Waals surface area contributed by atoms with E-state index in [0.717, 1.165) is 23.0 Å². The Morgan fingerprint density at radius 2 is 2.30 bits per heavy atom. The van der Waals surface area contributed by atoms with Crippen LogP contribution >= 0.6 is 11.8 Å². The second-order valence-corrected chi connectivity index (χ2v) is 6.89. The van der Waals surface area contributed by atoms with Crippen molar-refractivity contribution in [2.75, 3.05) is 12.3 Å². The molecule has 1 saturated heterocycles. The molecular formula is C16H20N2OS. The fourth-order valence-corrected chi connectivity index (χ4v) is 3.92. The van der Waals surface area contributed by atoms with Crippen LogP contribution in [-0.2, 0) is 0 Å². The van der Waals surface area contributed by atoms with Gasteiger partial charge in [-0.1, -0.05) is 0 Å². The van der Waals surface area contributed by atoms with Crippen LogP contribution in [0.1, 0.15) is 34.5 Å². The van der Waals surface area contributed by atoms with E-state index in [0.29, 0.717) is 5.25 Å². The molecule has 0 saturated carbocycles. The first-order valence-electron chi connectivity index (χ1n) is 7.14. The molecule has 1 aromatic carbocycles. The van der Waals surface area contributed by atoms with Crippen molar-refractivity contribution in [2.45, 2.75) is 31.9 Å². The van der Waals surface area contributed by atoms with Gasteiger partial charge >= 0.3 is 0 Å². The molecule has 0 spiro atoms. The maximum atomic E-state index is 12.2. The molecule has 2 heterocycles. The van der Waals surface area contributed by atoms with Crippen LogP contribution in [0.5, 0.6) is 0 Å². The molecule has 1 amide bonds. The van der Waals surface area contributed by atoms with Crippen LogP contribution in [0.4, 0.5) is 0 Å². The number of hydrogen-bond acceptors (Lipinski definition) is 2. The summed E-state index contributed by atoms with van der Waals surface area (Å²) in [5.41, 5.74) is 4.24. The molecule has 0 bridgehead atoms. The Morgan fingerprint density at radius 1 is 1.45 bits per heavy atom. The van der Waals surface area contributed by atoms with Crippen molar-refractivity contribution in [2.24, 2.45) is 0 Å². The topological polar surface area (TPSA) is 44.9 Å². The predicted molar refractivity (Wildman–Crippen MR) is 85.6 cm³/mol. The maximum Gasteiger partial charge on any atom is 0.251 e. The highest BCUT2D eigenvalue weighted by Gasteiger charge is 2.17. The van der Waals surface area contributed by atoms with Crippen LogP contribution in [0.3, 0.4) is 0 Å². The predicted octanol–water partition coefficient (Wildman–Crippen LogP) is 3.41. The highest BCUT2D eigenvalue weighted by Crippen LogP contribution is 2.25. The van der Waals surface area contributed by atoms with E-state index in [-0.39, 0.29) is 5.91 Å². The number of H-pyrrole nitrogens is 1. The number of nitrogens with one attached hydrogen (secondary N) is 2. The zero-order valence-electron chi connectivity index (χ0n) is 12.0. The standard InChI is InChI=1S/C16H20N2OS/c1-10-11(2)18-15-6-5-12(8-14(10)15)16(19)17-9-13-4-3-7-20-13/h5-6,8,13,18H,3-4,7,9H2,1-2H3,(H,17,19). The van der Waals surface area contributed by atoms with Gasteiger partial charge in [0.15, 0.2) is 0 Å². The van der Waals surface area contributed by atoms with E-state index in [1.807, 2.05) is 30.0 Å². The third-order valence-electron chi connectivity index (χ3n) is 4.08. The molecule has 2 N–H and O–H groups in total. The Hall–Kier alpha value is -1.42. The van der Waals surface area contributed by atoms with Crippen LogP contribution in [0.15, 0.2) is 18.2 Å². The molecule has 1 aliphatic rings. The van der Waals surface area contributed by atoms with E-state index < -0.39 is 0 Å². The summed E-state index contributed by atoms with van der Waals surface area (Å²) in [6.45, 7) is 4.93. The minimum absolute atomic E-state index is 0.0395. The molecule has 1 unspecified atom stereocenters. The summed E-state index contributed by atoms with van der Waals surface area (Å²) in [6.07, 6.45) is 2.50. The van der Waals surface area contributed by atoms with Gasteiger partial charge in [0.25, 0.3) is 5.91 Å². The lowest BCUT2D eigenvalue weighted by Crippen LogP contribution is -2.29. The third-order valence-corrected chi connectivity index (χ3v) is 5.48. The summed E-state index contributed by atoms with van der Waals surface area (Å²) in [5, 5.41) is 4.80. The fraction of sp³-hybridized carbons (Fsp3) is 0.438. The van der Waals surface area contributed by atoms with Crippen LogP contribution in [-0.4, -0.2) is 28.4 Å². The van der Waals surface area contributed by atoms with Gasteiger partial charge in [-0.2, -0.15) is 11.8 Å². The summed E-state index contributed by atoms with van der Waals surface area (Å²) in [4.78, 5) is 15.6. The number of aromatic nitrogens is 1. The van der Waals surface area contributed by atoms with Gasteiger partial charge in [0, 0.05) is 34.0 Å². The van der Waals surface area contributed by atoms with Crippen molar-refractivity contribution in [3.05, 3.63) is 35.0 Å². The summed E-state index contributed by atoms with van der Waals surface area (Å²) in [7, 11) is 0. The van der Waals surface area contributed by atoms with E-state index in [2.05, 4.69) is 24.1 Å². The number of fused-ring (bicyclic) bond motifs is 1. The Bertz CT molecular complexity index is 641. The quantitative estimate of drug-likeness (QED) is 0.909. The van der Waals surface area contributed by atoms with Gasteiger partial charge < -0.3 is 10.3 Å². The molecule has 1 aromatic heterocycles. The average Bonchev–Trinajstić information content (AvgIpc) is 3.06. The average molecular weight is 288 g/mol. The number of amides is 1. The number of rotatable bonds is 3. The molecule has 1 atom stereocenters. The highest BCUT2D eigenvalue weighted by atomic mass is 32.2.